The minimum atomic E-state index is -0.559. The monoisotopic (exact) mass is 297 g/mol. The highest BCUT2D eigenvalue weighted by molar-refractivity contribution is 5.67. The molecule has 0 heterocycles. The van der Waals surface area contributed by atoms with Crippen molar-refractivity contribution < 1.29 is 19.0 Å². The van der Waals surface area contributed by atoms with Crippen molar-refractivity contribution in [2.45, 2.75) is 39.7 Å². The van der Waals surface area contributed by atoms with Crippen LogP contribution >= 0.6 is 0 Å². The number of ether oxygens (including phenoxy) is 1. The van der Waals surface area contributed by atoms with Crippen molar-refractivity contribution in [2.75, 3.05) is 13.2 Å². The van der Waals surface area contributed by atoms with Gasteiger partial charge in [0.05, 0.1) is 6.61 Å². The fourth-order valence-electron chi connectivity index (χ4n) is 1.87. The summed E-state index contributed by atoms with van der Waals surface area (Å²) in [6.07, 6.45) is 0.0147. The number of nitrogens with one attached hydrogen (secondary N) is 1. The molecule has 0 aromatic heterocycles. The lowest BCUT2D eigenvalue weighted by molar-refractivity contribution is 0.0478. The number of rotatable bonds is 5. The van der Waals surface area contributed by atoms with Crippen LogP contribution in [0.3, 0.4) is 0 Å². The Labute approximate surface area is 125 Å². The van der Waals surface area contributed by atoms with Crippen molar-refractivity contribution >= 4 is 6.09 Å². The van der Waals surface area contributed by atoms with E-state index in [1.807, 2.05) is 6.92 Å². The highest BCUT2D eigenvalue weighted by atomic mass is 19.1. The normalized spacial score (nSPS) is 14.4. The zero-order valence-corrected chi connectivity index (χ0v) is 13.1. The molecule has 1 unspecified atom stereocenters. The Morgan fingerprint density at radius 2 is 1.81 bits per heavy atom. The van der Waals surface area contributed by atoms with E-state index in [0.29, 0.717) is 6.42 Å². The van der Waals surface area contributed by atoms with Crippen LogP contribution in [0.2, 0.25) is 0 Å². The first-order valence-electron chi connectivity index (χ1n) is 6.96. The zero-order chi connectivity index (χ0) is 16.1. The Hall–Kier alpha value is -1.62. The van der Waals surface area contributed by atoms with Crippen molar-refractivity contribution in [1.29, 1.82) is 0 Å². The topological polar surface area (TPSA) is 58.6 Å². The molecule has 1 aromatic rings. The second kappa shape index (κ2) is 6.89. The molecule has 118 valence electrons. The van der Waals surface area contributed by atoms with Crippen molar-refractivity contribution in [1.82, 2.24) is 5.32 Å². The predicted octanol–water partition coefficient (Wildman–Crippen LogP) is 2.89. The van der Waals surface area contributed by atoms with Crippen LogP contribution in [0.15, 0.2) is 24.3 Å². The molecular formula is C16H24FNO3. The summed E-state index contributed by atoms with van der Waals surface area (Å²) in [6, 6.07) is 6.12. The van der Waals surface area contributed by atoms with Gasteiger partial charge in [-0.1, -0.05) is 19.1 Å². The average Bonchev–Trinajstić information content (AvgIpc) is 2.37. The van der Waals surface area contributed by atoms with Crippen LogP contribution in [0.5, 0.6) is 0 Å². The fourth-order valence-corrected chi connectivity index (χ4v) is 1.87. The van der Waals surface area contributed by atoms with Crippen LogP contribution in [-0.2, 0) is 11.2 Å². The maximum Gasteiger partial charge on any atom is 0.407 e. The Bertz CT molecular complexity index is 467. The number of carbonyl (C=O) groups excluding carboxylic acids is 1. The number of benzene rings is 1. The summed E-state index contributed by atoms with van der Waals surface area (Å²) < 4.78 is 18.1. The molecule has 0 radical (unpaired) electrons. The van der Waals surface area contributed by atoms with Crippen molar-refractivity contribution in [2.24, 2.45) is 5.41 Å². The van der Waals surface area contributed by atoms with E-state index < -0.39 is 17.1 Å². The lowest BCUT2D eigenvalue weighted by Gasteiger charge is -2.28. The lowest BCUT2D eigenvalue weighted by Crippen LogP contribution is -2.41. The van der Waals surface area contributed by atoms with Crippen LogP contribution in [0.4, 0.5) is 9.18 Å². The third-order valence-corrected chi connectivity index (χ3v) is 2.98. The van der Waals surface area contributed by atoms with E-state index in [1.54, 1.807) is 32.9 Å². The van der Waals surface area contributed by atoms with E-state index in [-0.39, 0.29) is 19.0 Å². The fraction of sp³-hybridized carbons (Fsp3) is 0.562. The quantitative estimate of drug-likeness (QED) is 0.878. The van der Waals surface area contributed by atoms with E-state index in [1.165, 1.54) is 12.1 Å². The highest BCUT2D eigenvalue weighted by Crippen LogP contribution is 2.21. The van der Waals surface area contributed by atoms with Gasteiger partial charge in [0.15, 0.2) is 0 Å². The molecule has 1 rings (SSSR count). The standard InChI is InChI=1S/C16H24FNO3/c1-15(2,3)21-14(20)18-10-16(4,11-19)9-12-5-7-13(17)8-6-12/h5-8,19H,9-11H2,1-4H3,(H,18,20). The van der Waals surface area contributed by atoms with Gasteiger partial charge in [0.25, 0.3) is 0 Å². The van der Waals surface area contributed by atoms with Gasteiger partial charge >= 0.3 is 6.09 Å². The van der Waals surface area contributed by atoms with E-state index in [2.05, 4.69) is 5.32 Å². The van der Waals surface area contributed by atoms with Crippen LogP contribution in [0.1, 0.15) is 33.3 Å². The Morgan fingerprint density at radius 3 is 2.29 bits per heavy atom. The van der Waals surface area contributed by atoms with Gasteiger partial charge in [-0.3, -0.25) is 0 Å². The van der Waals surface area contributed by atoms with Gasteiger partial charge < -0.3 is 15.2 Å². The summed E-state index contributed by atoms with van der Waals surface area (Å²) in [4.78, 5) is 11.7. The molecule has 1 aromatic carbocycles. The number of carbonyl (C=O) groups is 1. The molecule has 1 amide bonds. The molecule has 0 spiro atoms. The Morgan fingerprint density at radius 1 is 1.24 bits per heavy atom. The zero-order valence-electron chi connectivity index (χ0n) is 13.1. The molecular weight excluding hydrogens is 273 g/mol. The Kier molecular flexibility index (Phi) is 5.72. The first kappa shape index (κ1) is 17.4. The maximum absolute atomic E-state index is 12.9. The van der Waals surface area contributed by atoms with E-state index in [4.69, 9.17) is 4.74 Å². The number of halogens is 1. The van der Waals surface area contributed by atoms with Gasteiger partial charge in [-0.2, -0.15) is 0 Å². The van der Waals surface area contributed by atoms with Crippen LogP contribution in [0.25, 0.3) is 0 Å². The van der Waals surface area contributed by atoms with Gasteiger partial charge in [-0.05, 0) is 44.9 Å². The molecule has 2 N–H and O–H groups in total. The number of hydrogen-bond donors (Lipinski definition) is 2. The number of aliphatic hydroxyl groups excluding tert-OH is 1. The predicted molar refractivity (Wildman–Crippen MR) is 79.5 cm³/mol. The second-order valence-corrected chi connectivity index (χ2v) is 6.63. The average molecular weight is 297 g/mol. The van der Waals surface area contributed by atoms with Crippen molar-refractivity contribution in [3.8, 4) is 0 Å². The van der Waals surface area contributed by atoms with Gasteiger partial charge in [0.2, 0.25) is 0 Å². The van der Waals surface area contributed by atoms with Crippen molar-refractivity contribution in [3.05, 3.63) is 35.6 Å². The summed E-state index contributed by atoms with van der Waals surface area (Å²) in [5.41, 5.74) is -0.190. The van der Waals surface area contributed by atoms with Gasteiger partial charge in [0, 0.05) is 12.0 Å². The molecule has 0 aliphatic rings. The number of alkyl carbamates (subject to hydrolysis) is 1. The molecule has 0 fully saturated rings. The SMILES string of the molecule is CC(CO)(CNC(=O)OC(C)(C)C)Cc1ccc(F)cc1. The van der Waals surface area contributed by atoms with E-state index in [9.17, 15) is 14.3 Å². The molecule has 0 saturated heterocycles. The summed E-state index contributed by atoms with van der Waals surface area (Å²) in [5.74, 6) is -0.295. The molecule has 0 aliphatic heterocycles. The minimum absolute atomic E-state index is 0.0970. The van der Waals surface area contributed by atoms with Gasteiger partial charge in [-0.15, -0.1) is 0 Å². The third-order valence-electron chi connectivity index (χ3n) is 2.98. The number of aliphatic hydroxyl groups is 1. The van der Waals surface area contributed by atoms with Crippen LogP contribution < -0.4 is 5.32 Å². The summed E-state index contributed by atoms with van der Waals surface area (Å²) in [5, 5.41) is 12.2. The van der Waals surface area contributed by atoms with Crippen LogP contribution in [-0.4, -0.2) is 30.0 Å². The lowest BCUT2D eigenvalue weighted by atomic mass is 9.84. The minimum Gasteiger partial charge on any atom is -0.444 e. The first-order chi connectivity index (χ1) is 9.63. The molecule has 5 heteroatoms. The highest BCUT2D eigenvalue weighted by Gasteiger charge is 2.26. The molecule has 4 nitrogen and oxygen atoms in total. The Balaban J connectivity index is 2.59. The summed E-state index contributed by atoms with van der Waals surface area (Å²) in [6.45, 7) is 7.40. The van der Waals surface area contributed by atoms with Crippen LogP contribution in [0, 0.1) is 11.2 Å². The summed E-state index contributed by atoms with van der Waals surface area (Å²) in [7, 11) is 0. The number of hydrogen-bond acceptors (Lipinski definition) is 3. The third kappa shape index (κ3) is 6.58. The molecule has 0 saturated carbocycles. The molecule has 1 atom stereocenters. The molecule has 0 bridgehead atoms. The van der Waals surface area contributed by atoms with E-state index >= 15 is 0 Å². The van der Waals surface area contributed by atoms with Crippen molar-refractivity contribution in [3.63, 3.8) is 0 Å². The summed E-state index contributed by atoms with van der Waals surface area (Å²) >= 11 is 0. The first-order valence-corrected chi connectivity index (χ1v) is 6.96. The smallest absolute Gasteiger partial charge is 0.407 e. The molecule has 0 aliphatic carbocycles. The second-order valence-electron chi connectivity index (χ2n) is 6.63. The van der Waals surface area contributed by atoms with E-state index in [0.717, 1.165) is 5.56 Å². The largest absolute Gasteiger partial charge is 0.444 e. The number of amides is 1. The van der Waals surface area contributed by atoms with Gasteiger partial charge in [0.1, 0.15) is 11.4 Å². The van der Waals surface area contributed by atoms with Gasteiger partial charge in [-0.25, -0.2) is 9.18 Å². The molecule has 21 heavy (non-hydrogen) atoms. The maximum atomic E-state index is 12.9.